The summed E-state index contributed by atoms with van der Waals surface area (Å²) in [4.78, 5) is 14.8. The van der Waals surface area contributed by atoms with Crippen molar-refractivity contribution in [1.82, 2.24) is 20.0 Å². The van der Waals surface area contributed by atoms with E-state index in [1.807, 2.05) is 36.5 Å². The molecule has 134 valence electrons. The lowest BCUT2D eigenvalue weighted by Crippen LogP contribution is -2.45. The van der Waals surface area contributed by atoms with Gasteiger partial charge in [-0.15, -0.1) is 0 Å². The number of nitrogens with one attached hydrogen (secondary N) is 2. The summed E-state index contributed by atoms with van der Waals surface area (Å²) < 4.78 is 7.27. The second kappa shape index (κ2) is 7.67. The van der Waals surface area contributed by atoms with Gasteiger partial charge in [-0.2, -0.15) is 5.10 Å². The number of ether oxygens (including phenoxy) is 1. The molecule has 3 rings (SSSR count). The largest absolute Gasteiger partial charge is 0.378 e. The molecule has 0 spiro atoms. The van der Waals surface area contributed by atoms with Crippen molar-refractivity contribution in [2.45, 2.75) is 32.0 Å². The van der Waals surface area contributed by atoms with Gasteiger partial charge in [-0.25, -0.2) is 9.48 Å². The van der Waals surface area contributed by atoms with Crippen LogP contribution in [0, 0.1) is 0 Å². The predicted molar refractivity (Wildman–Crippen MR) is 97.0 cm³/mol. The van der Waals surface area contributed by atoms with Gasteiger partial charge in [-0.3, -0.25) is 4.90 Å². The first kappa shape index (κ1) is 17.4. The number of hydrogen-bond acceptors (Lipinski definition) is 4. The number of carbonyl (C=O) groups excluding carboxylic acids is 1. The molecular weight excluding hydrogens is 318 g/mol. The van der Waals surface area contributed by atoms with E-state index in [4.69, 9.17) is 4.74 Å². The van der Waals surface area contributed by atoms with Gasteiger partial charge in [0.1, 0.15) is 0 Å². The molecule has 1 aromatic carbocycles. The number of para-hydroxylation sites is 2. The van der Waals surface area contributed by atoms with Gasteiger partial charge in [0.25, 0.3) is 0 Å². The first-order chi connectivity index (χ1) is 12.1. The first-order valence-corrected chi connectivity index (χ1v) is 8.52. The number of nitrogens with zero attached hydrogens (tertiary/aromatic N) is 3. The number of benzene rings is 1. The van der Waals surface area contributed by atoms with E-state index in [0.717, 1.165) is 18.8 Å². The minimum absolute atomic E-state index is 0.00508. The number of methoxy groups -OCH3 is 1. The average molecular weight is 343 g/mol. The van der Waals surface area contributed by atoms with Crippen molar-refractivity contribution in [1.29, 1.82) is 0 Å². The number of rotatable bonds is 5. The van der Waals surface area contributed by atoms with Crippen LogP contribution >= 0.6 is 0 Å². The Morgan fingerprint density at radius 3 is 2.76 bits per heavy atom. The molecule has 1 aliphatic rings. The van der Waals surface area contributed by atoms with Crippen molar-refractivity contribution < 1.29 is 9.53 Å². The van der Waals surface area contributed by atoms with Crippen LogP contribution in [-0.4, -0.2) is 59.1 Å². The van der Waals surface area contributed by atoms with Gasteiger partial charge in [0.05, 0.1) is 23.5 Å². The Kier molecular flexibility index (Phi) is 5.35. The molecule has 0 saturated carbocycles. The minimum Gasteiger partial charge on any atom is -0.378 e. The number of urea groups is 1. The molecule has 1 aromatic heterocycles. The zero-order chi connectivity index (χ0) is 17.8. The average Bonchev–Trinajstić information content (AvgIpc) is 3.24. The number of aromatic nitrogens is 2. The van der Waals surface area contributed by atoms with E-state index >= 15 is 0 Å². The Hall–Kier alpha value is -2.38. The van der Waals surface area contributed by atoms with Gasteiger partial charge < -0.3 is 15.4 Å². The summed E-state index contributed by atoms with van der Waals surface area (Å²) in [5, 5.41) is 10.2. The fourth-order valence-electron chi connectivity index (χ4n) is 3.12. The molecule has 1 saturated heterocycles. The highest BCUT2D eigenvalue weighted by atomic mass is 16.5. The van der Waals surface area contributed by atoms with Crippen LogP contribution in [0.15, 0.2) is 42.7 Å². The van der Waals surface area contributed by atoms with Crippen LogP contribution in [-0.2, 0) is 4.74 Å². The monoisotopic (exact) mass is 343 g/mol. The highest BCUT2D eigenvalue weighted by molar-refractivity contribution is 5.91. The number of likely N-dealkylation sites (tertiary alicyclic amines) is 1. The summed E-state index contributed by atoms with van der Waals surface area (Å²) in [6, 6.07) is 9.57. The molecule has 0 radical (unpaired) electrons. The van der Waals surface area contributed by atoms with Crippen molar-refractivity contribution >= 4 is 11.7 Å². The molecule has 25 heavy (non-hydrogen) atoms. The number of anilines is 1. The molecular formula is C18H25N5O2. The third-order valence-electron chi connectivity index (χ3n) is 4.55. The smallest absolute Gasteiger partial charge is 0.319 e. The molecule has 0 aliphatic carbocycles. The van der Waals surface area contributed by atoms with E-state index in [2.05, 4.69) is 34.5 Å². The van der Waals surface area contributed by atoms with E-state index in [-0.39, 0.29) is 18.2 Å². The standard InChI is InChI=1S/C18H25N5O2/c1-13(2)22-11-15(17(12-22)25-3)21-18(24)20-14-7-4-5-8-16(14)23-10-6-9-19-23/h4-10,13,15,17H,11-12H2,1-3H3,(H2,20,21,24)/t15-,17-/m1/s1. The van der Waals surface area contributed by atoms with Crippen LogP contribution < -0.4 is 10.6 Å². The van der Waals surface area contributed by atoms with Crippen molar-refractivity contribution in [3.05, 3.63) is 42.7 Å². The highest BCUT2D eigenvalue weighted by Crippen LogP contribution is 2.20. The number of carbonyl (C=O) groups is 1. The third-order valence-corrected chi connectivity index (χ3v) is 4.55. The fraction of sp³-hybridized carbons (Fsp3) is 0.444. The number of hydrogen-bond donors (Lipinski definition) is 2. The Labute approximate surface area is 148 Å². The molecule has 2 N–H and O–H groups in total. The lowest BCUT2D eigenvalue weighted by atomic mass is 10.2. The zero-order valence-electron chi connectivity index (χ0n) is 14.8. The van der Waals surface area contributed by atoms with Crippen molar-refractivity contribution in [2.24, 2.45) is 0 Å². The third kappa shape index (κ3) is 4.00. The Balaban J connectivity index is 1.67. The van der Waals surface area contributed by atoms with Crippen molar-refractivity contribution in [3.8, 4) is 5.69 Å². The second-order valence-corrected chi connectivity index (χ2v) is 6.49. The van der Waals surface area contributed by atoms with Crippen LogP contribution in [0.2, 0.25) is 0 Å². The molecule has 2 amide bonds. The summed E-state index contributed by atoms with van der Waals surface area (Å²) in [6.45, 7) is 5.90. The van der Waals surface area contributed by atoms with Crippen LogP contribution in [0.5, 0.6) is 0 Å². The molecule has 0 unspecified atom stereocenters. The van der Waals surface area contributed by atoms with Crippen LogP contribution in [0.4, 0.5) is 10.5 Å². The Morgan fingerprint density at radius 1 is 1.28 bits per heavy atom. The Bertz CT molecular complexity index is 701. The summed E-state index contributed by atoms with van der Waals surface area (Å²) in [7, 11) is 1.69. The molecule has 1 aliphatic heterocycles. The van der Waals surface area contributed by atoms with Gasteiger partial charge in [0, 0.05) is 38.6 Å². The van der Waals surface area contributed by atoms with E-state index in [0.29, 0.717) is 11.7 Å². The molecule has 2 aromatic rings. The summed E-state index contributed by atoms with van der Waals surface area (Å²) >= 11 is 0. The predicted octanol–water partition coefficient (Wildman–Crippen LogP) is 2.10. The lowest BCUT2D eigenvalue weighted by molar-refractivity contribution is 0.0896. The van der Waals surface area contributed by atoms with E-state index < -0.39 is 0 Å². The van der Waals surface area contributed by atoms with Crippen LogP contribution in [0.3, 0.4) is 0 Å². The maximum absolute atomic E-state index is 12.5. The van der Waals surface area contributed by atoms with Gasteiger partial charge in [-0.1, -0.05) is 12.1 Å². The van der Waals surface area contributed by atoms with E-state index in [1.165, 1.54) is 0 Å². The van der Waals surface area contributed by atoms with Crippen molar-refractivity contribution in [2.75, 3.05) is 25.5 Å². The van der Waals surface area contributed by atoms with Gasteiger partial charge >= 0.3 is 6.03 Å². The number of amides is 2. The van der Waals surface area contributed by atoms with Gasteiger partial charge in [0.2, 0.25) is 0 Å². The van der Waals surface area contributed by atoms with Crippen LogP contribution in [0.25, 0.3) is 5.69 Å². The Morgan fingerprint density at radius 2 is 2.08 bits per heavy atom. The highest BCUT2D eigenvalue weighted by Gasteiger charge is 2.35. The maximum Gasteiger partial charge on any atom is 0.319 e. The quantitative estimate of drug-likeness (QED) is 0.872. The molecule has 1 fully saturated rings. The topological polar surface area (TPSA) is 71.4 Å². The van der Waals surface area contributed by atoms with Crippen LogP contribution in [0.1, 0.15) is 13.8 Å². The summed E-state index contributed by atoms with van der Waals surface area (Å²) in [6.07, 6.45) is 3.55. The zero-order valence-corrected chi connectivity index (χ0v) is 14.8. The molecule has 2 atom stereocenters. The molecule has 2 heterocycles. The van der Waals surface area contributed by atoms with E-state index in [9.17, 15) is 4.79 Å². The van der Waals surface area contributed by atoms with Crippen molar-refractivity contribution in [3.63, 3.8) is 0 Å². The first-order valence-electron chi connectivity index (χ1n) is 8.52. The lowest BCUT2D eigenvalue weighted by Gasteiger charge is -2.20. The molecule has 7 heteroatoms. The van der Waals surface area contributed by atoms with Gasteiger partial charge in [-0.05, 0) is 32.0 Å². The fourth-order valence-corrected chi connectivity index (χ4v) is 3.12. The second-order valence-electron chi connectivity index (χ2n) is 6.49. The SMILES string of the molecule is CO[C@@H]1CN(C(C)C)C[C@H]1NC(=O)Nc1ccccc1-n1cccn1. The minimum atomic E-state index is -0.239. The van der Waals surface area contributed by atoms with E-state index in [1.54, 1.807) is 18.0 Å². The summed E-state index contributed by atoms with van der Waals surface area (Å²) in [5.74, 6) is 0. The maximum atomic E-state index is 12.5. The molecule has 0 bridgehead atoms. The van der Waals surface area contributed by atoms with Gasteiger partial charge in [0.15, 0.2) is 0 Å². The summed E-state index contributed by atoms with van der Waals surface area (Å²) in [5.41, 5.74) is 1.53. The normalized spacial score (nSPS) is 20.8. The molecule has 7 nitrogen and oxygen atoms in total.